The van der Waals surface area contributed by atoms with Crippen LogP contribution in [0.25, 0.3) is 0 Å². The lowest BCUT2D eigenvalue weighted by Gasteiger charge is -2.05. The first-order valence-corrected chi connectivity index (χ1v) is 6.18. The Bertz CT molecular complexity index is 219. The zero-order valence-electron chi connectivity index (χ0n) is 10.2. The minimum Gasteiger partial charge on any atom is -0.545 e. The Morgan fingerprint density at radius 1 is 1.00 bits per heavy atom. The Kier molecular flexibility index (Phi) is 9.78. The van der Waals surface area contributed by atoms with E-state index >= 15 is 0 Å². The Hall–Kier alpha value is -1.05. The van der Waals surface area contributed by atoms with Gasteiger partial charge in [0.1, 0.15) is 0 Å². The summed E-state index contributed by atoms with van der Waals surface area (Å²) in [5.41, 5.74) is 0.228. The summed E-state index contributed by atoms with van der Waals surface area (Å²) in [6, 6.07) is 0. The van der Waals surface area contributed by atoms with E-state index in [9.17, 15) is 9.90 Å². The van der Waals surface area contributed by atoms with Gasteiger partial charge in [0.2, 0.25) is 0 Å². The molecule has 16 heavy (non-hydrogen) atoms. The standard InChI is InChI=1S/C14H24O2/c1-3-4-5-6-7-8-9-10-11-12-13(2)14(15)16/h3H,1-2,4-12H2,(H,15,16)/p-1. The molecule has 0 aromatic rings. The molecular formula is C14H23O2-. The molecule has 0 fully saturated rings. The van der Waals surface area contributed by atoms with Crippen molar-refractivity contribution in [2.75, 3.05) is 0 Å². The number of aliphatic carboxylic acids is 1. The van der Waals surface area contributed by atoms with Crippen LogP contribution in [0.5, 0.6) is 0 Å². The lowest BCUT2D eigenvalue weighted by molar-refractivity contribution is -0.299. The highest BCUT2D eigenvalue weighted by Gasteiger charge is 1.95. The fraction of sp³-hybridized carbons (Fsp3) is 0.643. The van der Waals surface area contributed by atoms with Gasteiger partial charge in [-0.05, 0) is 31.3 Å². The maximum Gasteiger partial charge on any atom is 0.0668 e. The number of hydrogen-bond donors (Lipinski definition) is 0. The predicted octanol–water partition coefficient (Wildman–Crippen LogP) is 2.99. The van der Waals surface area contributed by atoms with Gasteiger partial charge in [0.25, 0.3) is 0 Å². The van der Waals surface area contributed by atoms with Gasteiger partial charge in [-0.2, -0.15) is 0 Å². The fourth-order valence-electron chi connectivity index (χ4n) is 1.61. The molecule has 0 aliphatic heterocycles. The number of carboxylic acids is 1. The van der Waals surface area contributed by atoms with Crippen LogP contribution in [-0.4, -0.2) is 5.97 Å². The second-order valence-electron chi connectivity index (χ2n) is 4.19. The lowest BCUT2D eigenvalue weighted by atomic mass is 10.0. The molecule has 0 saturated carbocycles. The molecular weight excluding hydrogens is 200 g/mol. The number of carboxylic acid groups (broad SMARTS) is 1. The first-order chi connectivity index (χ1) is 7.68. The van der Waals surface area contributed by atoms with Crippen molar-refractivity contribution < 1.29 is 9.90 Å². The Labute approximate surface area is 99.1 Å². The third kappa shape index (κ3) is 9.50. The van der Waals surface area contributed by atoms with Gasteiger partial charge in [0.05, 0.1) is 5.97 Å². The average molecular weight is 223 g/mol. The van der Waals surface area contributed by atoms with Crippen LogP contribution in [0, 0.1) is 0 Å². The van der Waals surface area contributed by atoms with Crippen molar-refractivity contribution in [1.82, 2.24) is 0 Å². The molecule has 2 heteroatoms. The van der Waals surface area contributed by atoms with Gasteiger partial charge < -0.3 is 9.90 Å². The minimum atomic E-state index is -1.11. The lowest BCUT2D eigenvalue weighted by Crippen LogP contribution is -2.23. The molecule has 0 radical (unpaired) electrons. The van der Waals surface area contributed by atoms with E-state index in [-0.39, 0.29) is 5.57 Å². The van der Waals surface area contributed by atoms with Crippen LogP contribution in [0.4, 0.5) is 0 Å². The Morgan fingerprint density at radius 2 is 1.50 bits per heavy atom. The number of unbranched alkanes of at least 4 members (excludes halogenated alkanes) is 7. The van der Waals surface area contributed by atoms with Gasteiger partial charge in [0.15, 0.2) is 0 Å². The first-order valence-electron chi connectivity index (χ1n) is 6.18. The van der Waals surface area contributed by atoms with Gasteiger partial charge in [0, 0.05) is 0 Å². The van der Waals surface area contributed by atoms with Gasteiger partial charge >= 0.3 is 0 Å². The molecule has 0 aromatic heterocycles. The van der Waals surface area contributed by atoms with E-state index in [1.807, 2.05) is 6.08 Å². The Morgan fingerprint density at radius 3 is 2.00 bits per heavy atom. The highest BCUT2D eigenvalue weighted by atomic mass is 16.4. The van der Waals surface area contributed by atoms with Crippen molar-refractivity contribution in [3.8, 4) is 0 Å². The average Bonchev–Trinajstić information content (AvgIpc) is 2.26. The summed E-state index contributed by atoms with van der Waals surface area (Å²) < 4.78 is 0. The van der Waals surface area contributed by atoms with E-state index in [0.29, 0.717) is 6.42 Å². The molecule has 0 aliphatic carbocycles. The minimum absolute atomic E-state index is 0.228. The van der Waals surface area contributed by atoms with E-state index in [0.717, 1.165) is 19.3 Å². The van der Waals surface area contributed by atoms with Crippen LogP contribution in [0.1, 0.15) is 57.8 Å². The van der Waals surface area contributed by atoms with Crippen LogP contribution >= 0.6 is 0 Å². The summed E-state index contributed by atoms with van der Waals surface area (Å²) in [5, 5.41) is 10.3. The van der Waals surface area contributed by atoms with Gasteiger partial charge in [-0.3, -0.25) is 0 Å². The van der Waals surface area contributed by atoms with Crippen molar-refractivity contribution in [2.45, 2.75) is 57.8 Å². The molecule has 0 aliphatic rings. The van der Waals surface area contributed by atoms with E-state index in [1.54, 1.807) is 0 Å². The molecule has 0 spiro atoms. The molecule has 0 bridgehead atoms. The summed E-state index contributed by atoms with van der Waals surface area (Å²) in [4.78, 5) is 10.3. The van der Waals surface area contributed by atoms with Crippen molar-refractivity contribution in [2.24, 2.45) is 0 Å². The van der Waals surface area contributed by atoms with Crippen molar-refractivity contribution in [3.63, 3.8) is 0 Å². The highest BCUT2D eigenvalue weighted by molar-refractivity contribution is 5.83. The fourth-order valence-corrected chi connectivity index (χ4v) is 1.61. The monoisotopic (exact) mass is 223 g/mol. The second-order valence-corrected chi connectivity index (χ2v) is 4.19. The summed E-state index contributed by atoms with van der Waals surface area (Å²) in [6.07, 6.45) is 11.9. The first kappa shape index (κ1) is 14.9. The molecule has 0 aromatic carbocycles. The molecule has 0 amide bonds. The number of hydrogen-bond acceptors (Lipinski definition) is 2. The molecule has 0 N–H and O–H groups in total. The van der Waals surface area contributed by atoms with Crippen molar-refractivity contribution in [1.29, 1.82) is 0 Å². The molecule has 0 rings (SSSR count). The third-order valence-electron chi connectivity index (χ3n) is 2.68. The van der Waals surface area contributed by atoms with Crippen molar-refractivity contribution >= 4 is 5.97 Å². The van der Waals surface area contributed by atoms with E-state index in [1.165, 1.54) is 32.1 Å². The largest absolute Gasteiger partial charge is 0.545 e. The molecule has 92 valence electrons. The Balaban J connectivity index is 3.12. The van der Waals surface area contributed by atoms with Gasteiger partial charge in [-0.15, -0.1) is 6.58 Å². The zero-order chi connectivity index (χ0) is 12.2. The third-order valence-corrected chi connectivity index (χ3v) is 2.68. The zero-order valence-corrected chi connectivity index (χ0v) is 10.2. The van der Waals surface area contributed by atoms with Gasteiger partial charge in [-0.1, -0.05) is 44.8 Å². The number of rotatable bonds is 11. The summed E-state index contributed by atoms with van der Waals surface area (Å²) in [6.45, 7) is 7.14. The van der Waals surface area contributed by atoms with E-state index in [2.05, 4.69) is 13.2 Å². The van der Waals surface area contributed by atoms with Gasteiger partial charge in [-0.25, -0.2) is 0 Å². The highest BCUT2D eigenvalue weighted by Crippen LogP contribution is 2.11. The molecule has 0 saturated heterocycles. The maximum atomic E-state index is 10.3. The van der Waals surface area contributed by atoms with Crippen LogP contribution in [-0.2, 0) is 4.79 Å². The van der Waals surface area contributed by atoms with E-state index in [4.69, 9.17) is 0 Å². The number of allylic oxidation sites excluding steroid dienone is 1. The SMILES string of the molecule is C=CCCCCCCCCCC(=C)C(=O)[O-]. The second kappa shape index (κ2) is 10.5. The molecule has 0 heterocycles. The van der Waals surface area contributed by atoms with Crippen LogP contribution in [0.2, 0.25) is 0 Å². The quantitative estimate of drug-likeness (QED) is 0.307. The smallest absolute Gasteiger partial charge is 0.0668 e. The van der Waals surface area contributed by atoms with Crippen LogP contribution in [0.15, 0.2) is 24.8 Å². The van der Waals surface area contributed by atoms with Crippen molar-refractivity contribution in [3.05, 3.63) is 24.8 Å². The van der Waals surface area contributed by atoms with Crippen LogP contribution < -0.4 is 5.11 Å². The number of carbonyl (C=O) groups excluding carboxylic acids is 1. The van der Waals surface area contributed by atoms with Crippen LogP contribution in [0.3, 0.4) is 0 Å². The summed E-state index contributed by atoms with van der Waals surface area (Å²) in [5.74, 6) is -1.11. The topological polar surface area (TPSA) is 40.1 Å². The number of carbonyl (C=O) groups is 1. The normalized spacial score (nSPS) is 10.0. The molecule has 2 nitrogen and oxygen atoms in total. The summed E-state index contributed by atoms with van der Waals surface area (Å²) in [7, 11) is 0. The van der Waals surface area contributed by atoms with E-state index < -0.39 is 5.97 Å². The summed E-state index contributed by atoms with van der Waals surface area (Å²) >= 11 is 0. The molecule has 0 unspecified atom stereocenters. The predicted molar refractivity (Wildman–Crippen MR) is 65.9 cm³/mol. The maximum absolute atomic E-state index is 10.3. The molecule has 0 atom stereocenters.